The standard InChI is InChI=1S/C15H11FN4O/c16-14-11(4-3-7-18-14)15(21)19-12-5-1-2-6-13(12)20-9-8-17-10-20/h1-10H,(H,19,21). The number of carbonyl (C=O) groups is 1. The van der Waals surface area contributed by atoms with Gasteiger partial charge in [0.2, 0.25) is 5.95 Å². The van der Waals surface area contributed by atoms with E-state index in [1.54, 1.807) is 35.4 Å². The van der Waals surface area contributed by atoms with Gasteiger partial charge in [0.05, 0.1) is 23.3 Å². The minimum atomic E-state index is -0.796. The number of rotatable bonds is 3. The molecule has 0 bridgehead atoms. The van der Waals surface area contributed by atoms with Crippen LogP contribution in [0.25, 0.3) is 5.69 Å². The van der Waals surface area contributed by atoms with Gasteiger partial charge in [-0.25, -0.2) is 9.97 Å². The summed E-state index contributed by atoms with van der Waals surface area (Å²) in [6.07, 6.45) is 6.32. The molecule has 0 saturated carbocycles. The lowest BCUT2D eigenvalue weighted by atomic mass is 10.2. The van der Waals surface area contributed by atoms with Crippen molar-refractivity contribution >= 4 is 11.6 Å². The van der Waals surface area contributed by atoms with Gasteiger partial charge >= 0.3 is 0 Å². The molecular weight excluding hydrogens is 271 g/mol. The number of aromatic nitrogens is 3. The van der Waals surface area contributed by atoms with Gasteiger partial charge in [-0.05, 0) is 24.3 Å². The molecule has 0 fully saturated rings. The number of benzene rings is 1. The van der Waals surface area contributed by atoms with Crippen molar-refractivity contribution in [3.8, 4) is 5.69 Å². The second-order valence-corrected chi connectivity index (χ2v) is 4.28. The monoisotopic (exact) mass is 282 g/mol. The first-order chi connectivity index (χ1) is 10.3. The number of halogens is 1. The summed E-state index contributed by atoms with van der Waals surface area (Å²) in [5.74, 6) is -1.34. The van der Waals surface area contributed by atoms with E-state index in [2.05, 4.69) is 15.3 Å². The Morgan fingerprint density at radius 1 is 1.14 bits per heavy atom. The van der Waals surface area contributed by atoms with Gasteiger partial charge in [-0.1, -0.05) is 12.1 Å². The van der Waals surface area contributed by atoms with Crippen molar-refractivity contribution < 1.29 is 9.18 Å². The van der Waals surface area contributed by atoms with E-state index in [9.17, 15) is 9.18 Å². The number of carbonyl (C=O) groups excluding carboxylic acids is 1. The van der Waals surface area contributed by atoms with Crippen LogP contribution in [0.2, 0.25) is 0 Å². The fraction of sp³-hybridized carbons (Fsp3) is 0. The van der Waals surface area contributed by atoms with Crippen molar-refractivity contribution in [2.45, 2.75) is 0 Å². The van der Waals surface area contributed by atoms with Crippen LogP contribution in [0.5, 0.6) is 0 Å². The van der Waals surface area contributed by atoms with Crippen molar-refractivity contribution in [2.24, 2.45) is 0 Å². The normalized spacial score (nSPS) is 10.3. The Labute approximate surface area is 120 Å². The van der Waals surface area contributed by atoms with Crippen molar-refractivity contribution in [3.63, 3.8) is 0 Å². The van der Waals surface area contributed by atoms with Crippen LogP contribution in [0, 0.1) is 5.95 Å². The maximum absolute atomic E-state index is 13.5. The molecule has 104 valence electrons. The lowest BCUT2D eigenvalue weighted by molar-refractivity contribution is 0.102. The fourth-order valence-electron chi connectivity index (χ4n) is 1.95. The highest BCUT2D eigenvalue weighted by atomic mass is 19.1. The van der Waals surface area contributed by atoms with Gasteiger partial charge in [-0.2, -0.15) is 4.39 Å². The number of hydrogen-bond donors (Lipinski definition) is 1. The highest BCUT2D eigenvalue weighted by Gasteiger charge is 2.14. The van der Waals surface area contributed by atoms with E-state index in [1.807, 2.05) is 12.1 Å². The van der Waals surface area contributed by atoms with Gasteiger partial charge in [0.25, 0.3) is 5.91 Å². The SMILES string of the molecule is O=C(Nc1ccccc1-n1ccnc1)c1cccnc1F. The first-order valence-electron chi connectivity index (χ1n) is 6.25. The lowest BCUT2D eigenvalue weighted by Crippen LogP contribution is -2.15. The Balaban J connectivity index is 1.93. The number of pyridine rings is 1. The second kappa shape index (κ2) is 5.54. The molecule has 21 heavy (non-hydrogen) atoms. The Morgan fingerprint density at radius 3 is 2.76 bits per heavy atom. The summed E-state index contributed by atoms with van der Waals surface area (Å²) < 4.78 is 15.3. The number of para-hydroxylation sites is 2. The molecule has 0 unspecified atom stereocenters. The molecule has 1 aromatic carbocycles. The summed E-state index contributed by atoms with van der Waals surface area (Å²) in [7, 11) is 0. The van der Waals surface area contributed by atoms with E-state index >= 15 is 0 Å². The van der Waals surface area contributed by atoms with E-state index in [0.717, 1.165) is 5.69 Å². The van der Waals surface area contributed by atoms with Crippen LogP contribution < -0.4 is 5.32 Å². The average molecular weight is 282 g/mol. The number of nitrogens with zero attached hydrogens (tertiary/aromatic N) is 3. The molecule has 2 aromatic heterocycles. The number of amides is 1. The van der Waals surface area contributed by atoms with E-state index in [4.69, 9.17) is 0 Å². The molecule has 0 aliphatic rings. The van der Waals surface area contributed by atoms with Crippen LogP contribution in [0.1, 0.15) is 10.4 Å². The zero-order valence-electron chi connectivity index (χ0n) is 10.9. The van der Waals surface area contributed by atoms with Crippen LogP contribution in [0.3, 0.4) is 0 Å². The van der Waals surface area contributed by atoms with E-state index in [1.165, 1.54) is 18.3 Å². The third-order valence-corrected chi connectivity index (χ3v) is 2.94. The lowest BCUT2D eigenvalue weighted by Gasteiger charge is -2.11. The predicted molar refractivity (Wildman–Crippen MR) is 75.7 cm³/mol. The maximum atomic E-state index is 13.5. The molecule has 0 radical (unpaired) electrons. The summed E-state index contributed by atoms with van der Waals surface area (Å²) in [6, 6.07) is 10.1. The Hall–Kier alpha value is -3.02. The van der Waals surface area contributed by atoms with Crippen molar-refractivity contribution in [1.82, 2.24) is 14.5 Å². The van der Waals surface area contributed by atoms with Crippen molar-refractivity contribution in [2.75, 3.05) is 5.32 Å². The molecule has 0 atom stereocenters. The molecule has 0 saturated heterocycles. The van der Waals surface area contributed by atoms with Crippen LogP contribution in [0.15, 0.2) is 61.3 Å². The first kappa shape index (κ1) is 13.0. The Kier molecular flexibility index (Phi) is 3.42. The Morgan fingerprint density at radius 2 is 2.00 bits per heavy atom. The summed E-state index contributed by atoms with van der Waals surface area (Å²) >= 11 is 0. The summed E-state index contributed by atoms with van der Waals surface area (Å²) in [4.78, 5) is 19.6. The smallest absolute Gasteiger partial charge is 0.260 e. The number of hydrogen-bond acceptors (Lipinski definition) is 3. The largest absolute Gasteiger partial charge is 0.320 e. The summed E-state index contributed by atoms with van der Waals surface area (Å²) in [5.41, 5.74) is 1.20. The fourth-order valence-corrected chi connectivity index (χ4v) is 1.95. The molecule has 3 aromatic rings. The minimum Gasteiger partial charge on any atom is -0.320 e. The minimum absolute atomic E-state index is 0.0991. The molecular formula is C15H11FN4O. The van der Waals surface area contributed by atoms with Crippen LogP contribution in [-0.4, -0.2) is 20.4 Å². The van der Waals surface area contributed by atoms with Gasteiger partial charge in [0.15, 0.2) is 0 Å². The summed E-state index contributed by atoms with van der Waals surface area (Å²) in [5, 5.41) is 2.69. The van der Waals surface area contributed by atoms with Gasteiger partial charge in [-0.15, -0.1) is 0 Å². The van der Waals surface area contributed by atoms with Gasteiger partial charge in [0, 0.05) is 18.6 Å². The van der Waals surface area contributed by atoms with Gasteiger partial charge < -0.3 is 9.88 Å². The molecule has 5 nitrogen and oxygen atoms in total. The van der Waals surface area contributed by atoms with Crippen molar-refractivity contribution in [1.29, 1.82) is 0 Å². The van der Waals surface area contributed by atoms with Crippen LogP contribution >= 0.6 is 0 Å². The van der Waals surface area contributed by atoms with Crippen LogP contribution in [-0.2, 0) is 0 Å². The van der Waals surface area contributed by atoms with Gasteiger partial charge in [0.1, 0.15) is 0 Å². The van der Waals surface area contributed by atoms with E-state index < -0.39 is 11.9 Å². The van der Waals surface area contributed by atoms with Crippen LogP contribution in [0.4, 0.5) is 10.1 Å². The third kappa shape index (κ3) is 2.64. The molecule has 6 heteroatoms. The van der Waals surface area contributed by atoms with E-state index in [-0.39, 0.29) is 5.56 Å². The van der Waals surface area contributed by atoms with Crippen molar-refractivity contribution in [3.05, 3.63) is 72.8 Å². The first-order valence-corrected chi connectivity index (χ1v) is 6.25. The highest BCUT2D eigenvalue weighted by Crippen LogP contribution is 2.20. The van der Waals surface area contributed by atoms with E-state index in [0.29, 0.717) is 5.69 Å². The van der Waals surface area contributed by atoms with Gasteiger partial charge in [-0.3, -0.25) is 4.79 Å². The molecule has 1 amide bonds. The zero-order valence-corrected chi connectivity index (χ0v) is 10.9. The second-order valence-electron chi connectivity index (χ2n) is 4.28. The molecule has 3 rings (SSSR count). The molecule has 1 N–H and O–H groups in total. The maximum Gasteiger partial charge on any atom is 0.260 e. The predicted octanol–water partition coefficient (Wildman–Crippen LogP) is 2.66. The molecule has 0 spiro atoms. The molecule has 0 aliphatic carbocycles. The quantitative estimate of drug-likeness (QED) is 0.751. The third-order valence-electron chi connectivity index (χ3n) is 2.94. The average Bonchev–Trinajstić information content (AvgIpc) is 3.02. The zero-order chi connectivity index (χ0) is 14.7. The highest BCUT2D eigenvalue weighted by molar-refractivity contribution is 6.05. The number of anilines is 1. The Bertz CT molecular complexity index is 771. The molecule has 2 heterocycles. The number of nitrogens with one attached hydrogen (secondary N) is 1. The topological polar surface area (TPSA) is 59.8 Å². The molecule has 0 aliphatic heterocycles. The number of imidazole rings is 1. The summed E-state index contributed by atoms with van der Waals surface area (Å²) in [6.45, 7) is 0.